The van der Waals surface area contributed by atoms with E-state index in [9.17, 15) is 18.0 Å². The molecule has 0 saturated carbocycles. The summed E-state index contributed by atoms with van der Waals surface area (Å²) in [4.78, 5) is 24.2. The zero-order valence-electron chi connectivity index (χ0n) is 15.8. The summed E-state index contributed by atoms with van der Waals surface area (Å²) in [6.07, 6.45) is 0. The first-order valence-electron chi connectivity index (χ1n) is 9.02. The lowest BCUT2D eigenvalue weighted by Gasteiger charge is -2.26. The van der Waals surface area contributed by atoms with Crippen LogP contribution in [0.2, 0.25) is 5.02 Å². The summed E-state index contributed by atoms with van der Waals surface area (Å²) in [5.41, 5.74) is 4.54. The Morgan fingerprint density at radius 1 is 1.07 bits per heavy atom. The monoisotopic (exact) mass is 453 g/mol. The average Bonchev–Trinajstić information content (AvgIpc) is 2.77. The first kappa shape index (κ1) is 22.0. The van der Waals surface area contributed by atoms with Gasteiger partial charge in [0, 0.05) is 23.7 Å². The van der Waals surface area contributed by atoms with E-state index in [-0.39, 0.29) is 30.2 Å². The Hall–Kier alpha value is -2.66. The van der Waals surface area contributed by atoms with E-state index in [1.54, 1.807) is 24.3 Å². The number of hydrogen-bond donors (Lipinski definition) is 2. The number of hydrazine groups is 1. The number of carbonyl (C=O) groups excluding carboxylic acids is 2. The van der Waals surface area contributed by atoms with Crippen LogP contribution < -0.4 is 15.6 Å². The third-order valence-corrected chi connectivity index (χ3v) is 6.35. The Morgan fingerprint density at radius 3 is 2.47 bits per heavy atom. The Bertz CT molecular complexity index is 1010. The second kappa shape index (κ2) is 9.90. The predicted molar refractivity (Wildman–Crippen MR) is 109 cm³/mol. The van der Waals surface area contributed by atoms with Crippen molar-refractivity contribution in [3.05, 3.63) is 59.1 Å². The highest BCUT2D eigenvalue weighted by molar-refractivity contribution is 7.89. The highest BCUT2D eigenvalue weighted by atomic mass is 35.5. The molecule has 1 aliphatic rings. The largest absolute Gasteiger partial charge is 0.484 e. The topological polar surface area (TPSA) is 114 Å². The first-order valence-corrected chi connectivity index (χ1v) is 10.8. The molecule has 30 heavy (non-hydrogen) atoms. The van der Waals surface area contributed by atoms with Gasteiger partial charge in [-0.2, -0.15) is 4.31 Å². The Balaban J connectivity index is 1.55. The van der Waals surface area contributed by atoms with Crippen molar-refractivity contribution in [1.29, 1.82) is 0 Å². The zero-order valence-corrected chi connectivity index (χ0v) is 17.4. The molecule has 0 atom stereocenters. The number of halogens is 1. The van der Waals surface area contributed by atoms with Crippen molar-refractivity contribution in [2.24, 2.45) is 0 Å². The molecule has 1 aliphatic heterocycles. The third-order valence-electron chi connectivity index (χ3n) is 4.20. The summed E-state index contributed by atoms with van der Waals surface area (Å²) in [7, 11) is -3.74. The van der Waals surface area contributed by atoms with Crippen LogP contribution in [0.4, 0.5) is 0 Å². The number of carbonyl (C=O) groups is 2. The van der Waals surface area contributed by atoms with Crippen molar-refractivity contribution in [3.8, 4) is 5.75 Å². The molecular weight excluding hydrogens is 434 g/mol. The van der Waals surface area contributed by atoms with Crippen molar-refractivity contribution in [3.63, 3.8) is 0 Å². The number of nitrogens with zero attached hydrogens (tertiary/aromatic N) is 1. The van der Waals surface area contributed by atoms with Gasteiger partial charge in [0.15, 0.2) is 6.61 Å². The van der Waals surface area contributed by atoms with Gasteiger partial charge < -0.3 is 9.47 Å². The second-order valence-corrected chi connectivity index (χ2v) is 8.66. The minimum atomic E-state index is -3.74. The molecule has 0 radical (unpaired) electrons. The van der Waals surface area contributed by atoms with Gasteiger partial charge in [-0.3, -0.25) is 20.4 Å². The van der Waals surface area contributed by atoms with E-state index in [2.05, 4.69) is 10.9 Å². The molecule has 1 heterocycles. The average molecular weight is 454 g/mol. The summed E-state index contributed by atoms with van der Waals surface area (Å²) >= 11 is 5.77. The van der Waals surface area contributed by atoms with E-state index in [1.165, 1.54) is 28.6 Å². The normalized spacial score (nSPS) is 14.7. The van der Waals surface area contributed by atoms with Gasteiger partial charge in [0.05, 0.1) is 18.1 Å². The first-order chi connectivity index (χ1) is 14.4. The minimum absolute atomic E-state index is 0.00514. The van der Waals surface area contributed by atoms with Crippen LogP contribution in [0.5, 0.6) is 5.75 Å². The lowest BCUT2D eigenvalue weighted by atomic mass is 10.2. The molecule has 0 spiro atoms. The molecule has 0 aliphatic carbocycles. The van der Waals surface area contributed by atoms with E-state index in [4.69, 9.17) is 21.1 Å². The van der Waals surface area contributed by atoms with E-state index >= 15 is 0 Å². The number of nitrogens with one attached hydrogen (secondary N) is 2. The molecule has 0 unspecified atom stereocenters. The van der Waals surface area contributed by atoms with Crippen LogP contribution in [0.25, 0.3) is 0 Å². The molecule has 1 saturated heterocycles. The van der Waals surface area contributed by atoms with Gasteiger partial charge in [-0.05, 0) is 42.5 Å². The molecule has 1 fully saturated rings. The van der Waals surface area contributed by atoms with Crippen molar-refractivity contribution in [1.82, 2.24) is 15.2 Å². The number of hydrogen-bond acceptors (Lipinski definition) is 6. The fraction of sp³-hybridized carbons (Fsp3) is 0.263. The molecule has 2 aromatic carbocycles. The van der Waals surface area contributed by atoms with Crippen LogP contribution in [-0.2, 0) is 19.6 Å². The Morgan fingerprint density at radius 2 is 1.77 bits per heavy atom. The molecule has 0 bridgehead atoms. The summed E-state index contributed by atoms with van der Waals surface area (Å²) in [6, 6.07) is 12.0. The van der Waals surface area contributed by atoms with Crippen LogP contribution in [-0.4, -0.2) is 57.4 Å². The number of sulfonamides is 1. The van der Waals surface area contributed by atoms with Crippen LogP contribution in [0.1, 0.15) is 10.4 Å². The molecule has 9 nitrogen and oxygen atoms in total. The van der Waals surface area contributed by atoms with E-state index < -0.39 is 21.8 Å². The standard InChI is InChI=1S/C19H20ClN3O6S/c20-15-4-6-16(7-5-15)29-13-18(24)21-22-19(25)14-2-1-3-17(12-14)30(26,27)23-8-10-28-11-9-23/h1-7,12H,8-11,13H2,(H,21,24)(H,22,25). The maximum absolute atomic E-state index is 12.7. The van der Waals surface area contributed by atoms with E-state index in [1.807, 2.05) is 0 Å². The molecule has 160 valence electrons. The molecule has 11 heteroatoms. The fourth-order valence-electron chi connectivity index (χ4n) is 2.65. The van der Waals surface area contributed by atoms with Crippen LogP contribution in [0.3, 0.4) is 0 Å². The van der Waals surface area contributed by atoms with Crippen molar-refractivity contribution >= 4 is 33.4 Å². The quantitative estimate of drug-likeness (QED) is 0.635. The lowest BCUT2D eigenvalue weighted by Crippen LogP contribution is -2.44. The Labute approximate surface area is 178 Å². The van der Waals surface area contributed by atoms with Gasteiger partial charge in [-0.1, -0.05) is 17.7 Å². The van der Waals surface area contributed by atoms with Crippen LogP contribution >= 0.6 is 11.6 Å². The van der Waals surface area contributed by atoms with Gasteiger partial charge in [-0.25, -0.2) is 8.42 Å². The highest BCUT2D eigenvalue weighted by Gasteiger charge is 2.26. The predicted octanol–water partition coefficient (Wildman–Crippen LogP) is 1.20. The minimum Gasteiger partial charge on any atom is -0.484 e. The highest BCUT2D eigenvalue weighted by Crippen LogP contribution is 2.18. The summed E-state index contributed by atoms with van der Waals surface area (Å²) in [5.74, 6) is -0.800. The zero-order chi connectivity index (χ0) is 21.6. The maximum atomic E-state index is 12.7. The molecule has 2 aromatic rings. The molecular formula is C19H20ClN3O6S. The van der Waals surface area contributed by atoms with E-state index in [0.717, 1.165) is 0 Å². The van der Waals surface area contributed by atoms with Crippen LogP contribution in [0, 0.1) is 0 Å². The number of rotatable bonds is 6. The summed E-state index contributed by atoms with van der Waals surface area (Å²) < 4.78 is 37.2. The van der Waals surface area contributed by atoms with Gasteiger partial charge in [-0.15, -0.1) is 0 Å². The van der Waals surface area contributed by atoms with E-state index in [0.29, 0.717) is 24.0 Å². The van der Waals surface area contributed by atoms with Crippen molar-refractivity contribution in [2.75, 3.05) is 32.9 Å². The van der Waals surface area contributed by atoms with Gasteiger partial charge >= 0.3 is 0 Å². The number of morpholine rings is 1. The van der Waals surface area contributed by atoms with Crippen molar-refractivity contribution in [2.45, 2.75) is 4.90 Å². The summed E-state index contributed by atoms with van der Waals surface area (Å²) in [6.45, 7) is 0.825. The number of benzene rings is 2. The molecule has 2 amide bonds. The summed E-state index contributed by atoms with van der Waals surface area (Å²) in [5, 5.41) is 0.539. The van der Waals surface area contributed by atoms with Crippen molar-refractivity contribution < 1.29 is 27.5 Å². The van der Waals surface area contributed by atoms with Gasteiger partial charge in [0.2, 0.25) is 10.0 Å². The van der Waals surface area contributed by atoms with Gasteiger partial charge in [0.25, 0.3) is 11.8 Å². The number of amides is 2. The number of ether oxygens (including phenoxy) is 2. The lowest BCUT2D eigenvalue weighted by molar-refractivity contribution is -0.123. The molecule has 3 rings (SSSR count). The van der Waals surface area contributed by atoms with Gasteiger partial charge in [0.1, 0.15) is 5.75 Å². The SMILES string of the molecule is O=C(COc1ccc(Cl)cc1)NNC(=O)c1cccc(S(=O)(=O)N2CCOCC2)c1. The van der Waals surface area contributed by atoms with Crippen LogP contribution in [0.15, 0.2) is 53.4 Å². The second-order valence-electron chi connectivity index (χ2n) is 6.29. The molecule has 0 aromatic heterocycles. The smallest absolute Gasteiger partial charge is 0.276 e. The third kappa shape index (κ3) is 5.70. The maximum Gasteiger partial charge on any atom is 0.276 e. The Kier molecular flexibility index (Phi) is 7.27. The molecule has 2 N–H and O–H groups in total. The fourth-order valence-corrected chi connectivity index (χ4v) is 4.23.